The Morgan fingerprint density at radius 2 is 1.74 bits per heavy atom. The van der Waals surface area contributed by atoms with E-state index in [4.69, 9.17) is 0 Å². The molecule has 0 aliphatic carbocycles. The average Bonchev–Trinajstić information content (AvgIpc) is 3.20. The van der Waals surface area contributed by atoms with Gasteiger partial charge in [-0.3, -0.25) is 0 Å². The van der Waals surface area contributed by atoms with Crippen LogP contribution >= 0.6 is 0 Å². The second-order valence-electron chi connectivity index (χ2n) is 9.51. The molecule has 1 aliphatic heterocycles. The summed E-state index contributed by atoms with van der Waals surface area (Å²) >= 11 is 0. The molecule has 1 saturated heterocycles. The van der Waals surface area contributed by atoms with Gasteiger partial charge in [0.15, 0.2) is 0 Å². The number of hydrogen-bond donors (Lipinski definition) is 2. The van der Waals surface area contributed by atoms with Crippen LogP contribution in [0.15, 0.2) is 53.4 Å². The predicted molar refractivity (Wildman–Crippen MR) is 146 cm³/mol. The third-order valence-corrected chi connectivity index (χ3v) is 9.97. The molecule has 39 heavy (non-hydrogen) atoms. The fourth-order valence-electron chi connectivity index (χ4n) is 4.35. The zero-order chi connectivity index (χ0) is 28.4. The monoisotopic (exact) mass is 582 g/mol. The summed E-state index contributed by atoms with van der Waals surface area (Å²) in [6.07, 6.45) is -3.60. The molecule has 0 radical (unpaired) electrons. The minimum Gasteiger partial charge on any atom is -0.382 e. The van der Waals surface area contributed by atoms with Crippen molar-refractivity contribution in [3.8, 4) is 11.8 Å². The van der Waals surface area contributed by atoms with Crippen LogP contribution in [0.3, 0.4) is 0 Å². The number of nitrogens with one attached hydrogen (secondary N) is 2. The number of nitrogens with zero attached hydrogens (tertiary/aromatic N) is 2. The Balaban J connectivity index is 1.55. The number of anilines is 2. The molecule has 4 rings (SSSR count). The first kappa shape index (κ1) is 28.8. The molecule has 0 saturated carbocycles. The fourth-order valence-corrected chi connectivity index (χ4v) is 6.75. The predicted octanol–water partition coefficient (Wildman–Crippen LogP) is 3.91. The van der Waals surface area contributed by atoms with Crippen LogP contribution in [0.2, 0.25) is 0 Å². The SMILES string of the molecule is CN(C)S(=O)(=O)c1ccc(NCC#Cc2cc3c(NC4CCS(=O)(=O)CC4)cccc3n2CC(F)(F)F)cc1. The summed E-state index contributed by atoms with van der Waals surface area (Å²) < 4.78 is 90.5. The number of sulfone groups is 1. The molecule has 2 aromatic carbocycles. The standard InChI is InChI=1S/C26H29F3N4O4S2/c1-32(2)39(36,37)22-10-8-19(9-11-22)30-14-4-5-21-17-23-24(31-20-12-15-38(34,35)16-13-20)6-3-7-25(23)33(21)18-26(27,28)29/h3,6-11,17,20,30-31H,12-16,18H2,1-2H3. The van der Waals surface area contributed by atoms with Crippen LogP contribution < -0.4 is 10.6 Å². The highest BCUT2D eigenvalue weighted by Crippen LogP contribution is 2.31. The van der Waals surface area contributed by atoms with Gasteiger partial charge in [-0.1, -0.05) is 12.0 Å². The molecule has 1 aliphatic rings. The molecule has 8 nitrogen and oxygen atoms in total. The van der Waals surface area contributed by atoms with Gasteiger partial charge in [0.2, 0.25) is 10.0 Å². The Hall–Kier alpha value is -3.21. The van der Waals surface area contributed by atoms with E-state index in [9.17, 15) is 30.0 Å². The molecular weight excluding hydrogens is 553 g/mol. The Morgan fingerprint density at radius 3 is 2.36 bits per heavy atom. The van der Waals surface area contributed by atoms with Crippen molar-refractivity contribution in [1.82, 2.24) is 8.87 Å². The van der Waals surface area contributed by atoms with Crippen LogP contribution in [0.1, 0.15) is 18.5 Å². The van der Waals surface area contributed by atoms with Crippen LogP contribution in [0.5, 0.6) is 0 Å². The van der Waals surface area contributed by atoms with E-state index < -0.39 is 32.6 Å². The van der Waals surface area contributed by atoms with Gasteiger partial charge in [-0.05, 0) is 61.2 Å². The number of alkyl halides is 3. The molecule has 0 amide bonds. The van der Waals surface area contributed by atoms with E-state index in [0.29, 0.717) is 35.1 Å². The second-order valence-corrected chi connectivity index (χ2v) is 14.0. The highest BCUT2D eigenvalue weighted by atomic mass is 32.2. The first-order valence-electron chi connectivity index (χ1n) is 12.2. The fraction of sp³-hybridized carbons (Fsp3) is 0.385. The van der Waals surface area contributed by atoms with Crippen molar-refractivity contribution in [2.45, 2.75) is 36.5 Å². The van der Waals surface area contributed by atoms with E-state index in [2.05, 4.69) is 22.5 Å². The van der Waals surface area contributed by atoms with Crippen molar-refractivity contribution in [3.05, 3.63) is 54.2 Å². The first-order valence-corrected chi connectivity index (χ1v) is 15.4. The minimum atomic E-state index is -4.46. The molecule has 210 valence electrons. The van der Waals surface area contributed by atoms with Gasteiger partial charge >= 0.3 is 6.18 Å². The van der Waals surface area contributed by atoms with Crippen molar-refractivity contribution in [1.29, 1.82) is 0 Å². The van der Waals surface area contributed by atoms with Crippen molar-refractivity contribution < 1.29 is 30.0 Å². The lowest BCUT2D eigenvalue weighted by molar-refractivity contribution is -0.140. The summed E-state index contributed by atoms with van der Waals surface area (Å²) in [5.74, 6) is 5.83. The molecular formula is C26H29F3N4O4S2. The van der Waals surface area contributed by atoms with E-state index in [-0.39, 0.29) is 34.7 Å². The van der Waals surface area contributed by atoms with Gasteiger partial charge in [-0.15, -0.1) is 0 Å². The van der Waals surface area contributed by atoms with Crippen LogP contribution in [-0.2, 0) is 26.4 Å². The minimum absolute atomic E-state index is 0.0770. The van der Waals surface area contributed by atoms with Gasteiger partial charge in [0.1, 0.15) is 16.4 Å². The number of aromatic nitrogens is 1. The summed E-state index contributed by atoms with van der Waals surface area (Å²) in [7, 11) is -3.71. The molecule has 1 fully saturated rings. The van der Waals surface area contributed by atoms with Crippen molar-refractivity contribution in [3.63, 3.8) is 0 Å². The summed E-state index contributed by atoms with van der Waals surface area (Å²) in [6.45, 7) is -1.09. The highest BCUT2D eigenvalue weighted by Gasteiger charge is 2.30. The lowest BCUT2D eigenvalue weighted by Crippen LogP contribution is -2.32. The zero-order valence-corrected chi connectivity index (χ0v) is 23.0. The average molecular weight is 583 g/mol. The maximum absolute atomic E-state index is 13.4. The quantitative estimate of drug-likeness (QED) is 0.410. The lowest BCUT2D eigenvalue weighted by atomic mass is 10.1. The van der Waals surface area contributed by atoms with Crippen LogP contribution in [0, 0.1) is 11.8 Å². The smallest absolute Gasteiger partial charge is 0.382 e. The maximum atomic E-state index is 13.4. The normalized spacial score (nSPS) is 16.2. The summed E-state index contributed by atoms with van der Waals surface area (Å²) in [5.41, 5.74) is 1.80. The molecule has 0 atom stereocenters. The molecule has 0 bridgehead atoms. The highest BCUT2D eigenvalue weighted by molar-refractivity contribution is 7.91. The third-order valence-electron chi connectivity index (χ3n) is 6.43. The third kappa shape index (κ3) is 7.06. The maximum Gasteiger partial charge on any atom is 0.406 e. The largest absolute Gasteiger partial charge is 0.406 e. The molecule has 3 aromatic rings. The van der Waals surface area contributed by atoms with Gasteiger partial charge in [-0.25, -0.2) is 21.1 Å². The van der Waals surface area contributed by atoms with E-state index >= 15 is 0 Å². The molecule has 0 spiro atoms. The van der Waals surface area contributed by atoms with Gasteiger partial charge in [0.25, 0.3) is 0 Å². The second kappa shape index (κ2) is 11.1. The summed E-state index contributed by atoms with van der Waals surface area (Å²) in [5, 5.41) is 6.91. The van der Waals surface area contributed by atoms with Crippen LogP contribution in [0.25, 0.3) is 10.9 Å². The Labute approximate surface area is 226 Å². The number of fused-ring (bicyclic) bond motifs is 1. The number of halogens is 3. The van der Waals surface area contributed by atoms with E-state index in [0.717, 1.165) is 8.87 Å². The Kier molecular flexibility index (Phi) is 8.20. The lowest BCUT2D eigenvalue weighted by Gasteiger charge is -2.24. The molecule has 0 unspecified atom stereocenters. The molecule has 13 heteroatoms. The molecule has 1 aromatic heterocycles. The van der Waals surface area contributed by atoms with Gasteiger partial charge < -0.3 is 15.2 Å². The summed E-state index contributed by atoms with van der Waals surface area (Å²) in [4.78, 5) is 0.139. The zero-order valence-electron chi connectivity index (χ0n) is 21.4. The van der Waals surface area contributed by atoms with Gasteiger partial charge in [-0.2, -0.15) is 13.2 Å². The molecule has 2 heterocycles. The Bertz CT molecular complexity index is 1610. The number of benzene rings is 2. The Morgan fingerprint density at radius 1 is 1.08 bits per heavy atom. The number of sulfonamides is 1. The van der Waals surface area contributed by atoms with Crippen molar-refractivity contribution in [2.75, 3.05) is 42.8 Å². The topological polar surface area (TPSA) is 101 Å². The van der Waals surface area contributed by atoms with Gasteiger partial charge in [0, 0.05) is 36.9 Å². The van der Waals surface area contributed by atoms with E-state index in [1.54, 1.807) is 36.4 Å². The van der Waals surface area contributed by atoms with Crippen molar-refractivity contribution in [2.24, 2.45) is 0 Å². The number of rotatable bonds is 7. The van der Waals surface area contributed by atoms with Crippen molar-refractivity contribution >= 4 is 42.1 Å². The van der Waals surface area contributed by atoms with E-state index in [1.807, 2.05) is 0 Å². The van der Waals surface area contributed by atoms with Gasteiger partial charge in [0.05, 0.1) is 34.2 Å². The van der Waals surface area contributed by atoms with E-state index in [1.165, 1.54) is 26.2 Å². The number of hydrogen-bond acceptors (Lipinski definition) is 6. The first-order chi connectivity index (χ1) is 18.2. The molecule has 2 N–H and O–H groups in total. The summed E-state index contributed by atoms with van der Waals surface area (Å²) in [6, 6.07) is 12.6. The van der Waals surface area contributed by atoms with Crippen LogP contribution in [-0.4, -0.2) is 70.1 Å². The van der Waals surface area contributed by atoms with Crippen LogP contribution in [0.4, 0.5) is 24.5 Å².